The lowest BCUT2D eigenvalue weighted by atomic mass is 10.1. The van der Waals surface area contributed by atoms with Gasteiger partial charge in [-0.3, -0.25) is 14.9 Å². The summed E-state index contributed by atoms with van der Waals surface area (Å²) in [6, 6.07) is 2.64. The molecule has 8 nitrogen and oxygen atoms in total. The molecule has 0 saturated heterocycles. The summed E-state index contributed by atoms with van der Waals surface area (Å²) in [5, 5.41) is 22.6. The van der Waals surface area contributed by atoms with Gasteiger partial charge in [-0.1, -0.05) is 6.92 Å². The minimum absolute atomic E-state index is 0.0612. The van der Waals surface area contributed by atoms with E-state index in [0.29, 0.717) is 5.75 Å². The molecule has 8 heteroatoms. The highest BCUT2D eigenvalue weighted by Gasteiger charge is 2.20. The van der Waals surface area contributed by atoms with Crippen LogP contribution in [0.4, 0.5) is 11.4 Å². The van der Waals surface area contributed by atoms with Crippen molar-refractivity contribution >= 4 is 17.3 Å². The molecule has 0 bridgehead atoms. The fourth-order valence-corrected chi connectivity index (χ4v) is 1.51. The number of hydrogen-bond donors (Lipinski definition) is 2. The predicted octanol–water partition coefficient (Wildman–Crippen LogP) is 1.74. The number of nitrogens with one attached hydrogen (secondary N) is 1. The number of carbonyl (C=O) groups is 1. The van der Waals surface area contributed by atoms with E-state index in [0.717, 1.165) is 0 Å². The molecule has 2 N–H and O–H groups in total. The van der Waals surface area contributed by atoms with E-state index in [4.69, 9.17) is 14.6 Å². The van der Waals surface area contributed by atoms with Gasteiger partial charge in [-0.25, -0.2) is 0 Å². The van der Waals surface area contributed by atoms with Crippen LogP contribution in [-0.2, 0) is 4.79 Å². The monoisotopic (exact) mass is 284 g/mol. The molecule has 1 atom stereocenters. The van der Waals surface area contributed by atoms with Gasteiger partial charge in [-0.2, -0.15) is 0 Å². The lowest BCUT2D eigenvalue weighted by Gasteiger charge is -2.13. The van der Waals surface area contributed by atoms with Gasteiger partial charge >= 0.3 is 5.97 Å². The first-order valence-electron chi connectivity index (χ1n) is 5.77. The Morgan fingerprint density at radius 1 is 1.40 bits per heavy atom. The van der Waals surface area contributed by atoms with Gasteiger partial charge < -0.3 is 19.9 Å². The number of rotatable bonds is 7. The van der Waals surface area contributed by atoms with E-state index in [1.54, 1.807) is 0 Å². The number of anilines is 1. The van der Waals surface area contributed by atoms with E-state index in [-0.39, 0.29) is 23.7 Å². The summed E-state index contributed by atoms with van der Waals surface area (Å²) in [6.07, 6.45) is 0. The van der Waals surface area contributed by atoms with Gasteiger partial charge in [0.15, 0.2) is 11.5 Å². The van der Waals surface area contributed by atoms with Crippen LogP contribution in [-0.4, -0.2) is 36.8 Å². The van der Waals surface area contributed by atoms with E-state index in [9.17, 15) is 14.9 Å². The number of methoxy groups -OCH3 is 2. The largest absolute Gasteiger partial charge is 0.493 e. The maximum absolute atomic E-state index is 11.0. The predicted molar refractivity (Wildman–Crippen MR) is 71.5 cm³/mol. The number of nitro groups is 1. The number of nitro benzene ring substituents is 1. The SMILES string of the molecule is COc1cc(NCC(C)C(=O)O)c([N+](=O)[O-])cc1OC. The molecule has 0 aromatic heterocycles. The zero-order valence-electron chi connectivity index (χ0n) is 11.4. The quantitative estimate of drug-likeness (QED) is 0.579. The number of carboxylic acids is 1. The Bertz CT molecular complexity index is 517. The molecule has 1 unspecified atom stereocenters. The minimum Gasteiger partial charge on any atom is -0.493 e. The molecule has 0 spiro atoms. The van der Waals surface area contributed by atoms with E-state index in [1.807, 2.05) is 0 Å². The summed E-state index contributed by atoms with van der Waals surface area (Å²) in [5.41, 5.74) is -0.0269. The van der Waals surface area contributed by atoms with Crippen molar-refractivity contribution in [2.24, 2.45) is 5.92 Å². The topological polar surface area (TPSA) is 111 Å². The third-order valence-corrected chi connectivity index (χ3v) is 2.72. The average Bonchev–Trinajstić information content (AvgIpc) is 2.43. The van der Waals surface area contributed by atoms with Crippen LogP contribution in [0.2, 0.25) is 0 Å². The van der Waals surface area contributed by atoms with Crippen LogP contribution in [0.15, 0.2) is 12.1 Å². The number of aliphatic carboxylic acids is 1. The summed E-state index contributed by atoms with van der Waals surface area (Å²) in [5.74, 6) is -1.11. The number of benzene rings is 1. The van der Waals surface area contributed by atoms with Gasteiger partial charge in [0, 0.05) is 12.6 Å². The molecule has 0 aliphatic heterocycles. The number of carboxylic acid groups (broad SMARTS) is 1. The first kappa shape index (κ1) is 15.5. The van der Waals surface area contributed by atoms with E-state index in [2.05, 4.69) is 5.32 Å². The van der Waals surface area contributed by atoms with Gasteiger partial charge in [0.05, 0.1) is 31.1 Å². The lowest BCUT2D eigenvalue weighted by molar-refractivity contribution is -0.384. The second-order valence-corrected chi connectivity index (χ2v) is 4.10. The summed E-state index contributed by atoms with van der Waals surface area (Å²) < 4.78 is 10.1. The molecule has 1 rings (SSSR count). The first-order valence-corrected chi connectivity index (χ1v) is 5.77. The summed E-state index contributed by atoms with van der Waals surface area (Å²) >= 11 is 0. The van der Waals surface area contributed by atoms with Gasteiger partial charge in [0.1, 0.15) is 5.69 Å². The van der Waals surface area contributed by atoms with E-state index < -0.39 is 16.8 Å². The number of nitrogens with zero attached hydrogens (tertiary/aromatic N) is 1. The third-order valence-electron chi connectivity index (χ3n) is 2.72. The smallest absolute Gasteiger partial charge is 0.308 e. The van der Waals surface area contributed by atoms with Crippen molar-refractivity contribution in [1.29, 1.82) is 0 Å². The first-order chi connectivity index (χ1) is 9.40. The Morgan fingerprint density at radius 2 is 1.95 bits per heavy atom. The van der Waals surface area contributed by atoms with Crippen molar-refractivity contribution in [2.45, 2.75) is 6.92 Å². The highest BCUT2D eigenvalue weighted by atomic mass is 16.6. The molecular formula is C12H16N2O6. The van der Waals surface area contributed by atoms with Crippen molar-refractivity contribution < 1.29 is 24.3 Å². The molecule has 0 heterocycles. The molecular weight excluding hydrogens is 268 g/mol. The molecule has 1 aromatic carbocycles. The Labute approximate surface area is 115 Å². The molecule has 0 aliphatic carbocycles. The molecule has 0 aliphatic rings. The minimum atomic E-state index is -0.986. The Balaban J connectivity index is 3.09. The van der Waals surface area contributed by atoms with Crippen molar-refractivity contribution in [3.63, 3.8) is 0 Å². The highest BCUT2D eigenvalue weighted by molar-refractivity contribution is 5.72. The Morgan fingerprint density at radius 3 is 2.40 bits per heavy atom. The third kappa shape index (κ3) is 3.50. The maximum Gasteiger partial charge on any atom is 0.308 e. The van der Waals surface area contributed by atoms with Crippen LogP contribution in [0, 0.1) is 16.0 Å². The van der Waals surface area contributed by atoms with E-state index in [1.165, 1.54) is 33.3 Å². The summed E-state index contributed by atoms with van der Waals surface area (Å²) in [4.78, 5) is 21.2. The molecule has 0 saturated carbocycles. The zero-order chi connectivity index (χ0) is 15.3. The van der Waals surface area contributed by atoms with Crippen molar-refractivity contribution in [2.75, 3.05) is 26.1 Å². The average molecular weight is 284 g/mol. The second-order valence-electron chi connectivity index (χ2n) is 4.10. The van der Waals surface area contributed by atoms with Crippen LogP contribution in [0.25, 0.3) is 0 Å². The number of ether oxygens (including phenoxy) is 2. The second kappa shape index (κ2) is 6.60. The van der Waals surface area contributed by atoms with Gasteiger partial charge in [-0.15, -0.1) is 0 Å². The fraction of sp³-hybridized carbons (Fsp3) is 0.417. The summed E-state index contributed by atoms with van der Waals surface area (Å²) in [7, 11) is 2.79. The van der Waals surface area contributed by atoms with E-state index >= 15 is 0 Å². The van der Waals surface area contributed by atoms with Crippen molar-refractivity contribution in [3.8, 4) is 11.5 Å². The Hall–Kier alpha value is -2.51. The van der Waals surface area contributed by atoms with Crippen LogP contribution < -0.4 is 14.8 Å². The van der Waals surface area contributed by atoms with Crippen LogP contribution >= 0.6 is 0 Å². The molecule has 20 heavy (non-hydrogen) atoms. The zero-order valence-corrected chi connectivity index (χ0v) is 11.4. The number of hydrogen-bond acceptors (Lipinski definition) is 6. The standard InChI is InChI=1S/C12H16N2O6/c1-7(12(15)16)6-13-8-4-10(19-2)11(20-3)5-9(8)14(17)18/h4-5,7,13H,6H2,1-3H3,(H,15,16). The fourth-order valence-electron chi connectivity index (χ4n) is 1.51. The molecule has 0 fully saturated rings. The molecule has 1 aromatic rings. The lowest BCUT2D eigenvalue weighted by Crippen LogP contribution is -2.20. The van der Waals surface area contributed by atoms with Crippen LogP contribution in [0.5, 0.6) is 11.5 Å². The van der Waals surface area contributed by atoms with Crippen LogP contribution in [0.3, 0.4) is 0 Å². The maximum atomic E-state index is 11.0. The Kier molecular flexibility index (Phi) is 5.13. The molecule has 0 radical (unpaired) electrons. The van der Waals surface area contributed by atoms with Crippen molar-refractivity contribution in [1.82, 2.24) is 0 Å². The van der Waals surface area contributed by atoms with Crippen molar-refractivity contribution in [3.05, 3.63) is 22.2 Å². The van der Waals surface area contributed by atoms with Crippen LogP contribution in [0.1, 0.15) is 6.92 Å². The van der Waals surface area contributed by atoms with Gasteiger partial charge in [-0.05, 0) is 0 Å². The molecule has 0 amide bonds. The molecule has 110 valence electrons. The normalized spacial score (nSPS) is 11.6. The highest BCUT2D eigenvalue weighted by Crippen LogP contribution is 2.37. The van der Waals surface area contributed by atoms with Gasteiger partial charge in [0.25, 0.3) is 5.69 Å². The van der Waals surface area contributed by atoms with Gasteiger partial charge in [0.2, 0.25) is 0 Å². The summed E-state index contributed by atoms with van der Waals surface area (Å²) in [6.45, 7) is 1.56.